The number of aliphatic hydroxyl groups is 1. The van der Waals surface area contributed by atoms with Gasteiger partial charge in [0.2, 0.25) is 0 Å². The maximum absolute atomic E-state index is 10.8. The van der Waals surface area contributed by atoms with Crippen molar-refractivity contribution in [3.63, 3.8) is 0 Å². The minimum Gasteiger partial charge on any atom is -0.382 e. The van der Waals surface area contributed by atoms with Crippen molar-refractivity contribution < 1.29 is 5.11 Å². The summed E-state index contributed by atoms with van der Waals surface area (Å²) in [6, 6.07) is 9.78. The van der Waals surface area contributed by atoms with Gasteiger partial charge in [0.05, 0.1) is 0 Å². The van der Waals surface area contributed by atoms with Gasteiger partial charge in [0, 0.05) is 19.6 Å². The lowest BCUT2D eigenvalue weighted by Gasteiger charge is -2.33. The summed E-state index contributed by atoms with van der Waals surface area (Å²) in [7, 11) is 0. The van der Waals surface area contributed by atoms with Gasteiger partial charge in [0.15, 0.2) is 0 Å². The third-order valence-corrected chi connectivity index (χ3v) is 3.79. The molecule has 0 radical (unpaired) electrons. The topological polar surface area (TPSA) is 49.5 Å². The molecule has 1 atom stereocenters. The van der Waals surface area contributed by atoms with Crippen LogP contribution in [0.1, 0.15) is 25.3 Å². The smallest absolute Gasteiger partial charge is 0.114 e. The van der Waals surface area contributed by atoms with Crippen molar-refractivity contribution in [2.45, 2.75) is 25.4 Å². The van der Waals surface area contributed by atoms with E-state index in [9.17, 15) is 5.11 Å². The van der Waals surface area contributed by atoms with Gasteiger partial charge < -0.3 is 15.7 Å². The van der Waals surface area contributed by atoms with Crippen molar-refractivity contribution in [1.29, 1.82) is 0 Å². The van der Waals surface area contributed by atoms with Crippen LogP contribution in [0.2, 0.25) is 0 Å². The van der Waals surface area contributed by atoms with Gasteiger partial charge in [-0.3, -0.25) is 0 Å². The van der Waals surface area contributed by atoms with E-state index in [1.54, 1.807) is 0 Å². The molecule has 1 aliphatic carbocycles. The molecule has 1 aliphatic rings. The lowest BCUT2D eigenvalue weighted by atomic mass is 9.93. The zero-order valence-electron chi connectivity index (χ0n) is 11.2. The van der Waals surface area contributed by atoms with E-state index < -0.39 is 5.60 Å². The monoisotopic (exact) mass is 248 g/mol. The average Bonchev–Trinajstić information content (AvgIpc) is 3.23. The molecule has 0 spiro atoms. The zero-order chi connectivity index (χ0) is 13.0. The molecular weight excluding hydrogens is 224 g/mol. The fraction of sp³-hybridized carbons (Fsp3) is 0.600. The van der Waals surface area contributed by atoms with E-state index in [2.05, 4.69) is 11.8 Å². The Balaban J connectivity index is 2.06. The molecule has 0 amide bonds. The second kappa shape index (κ2) is 5.83. The molecule has 1 fully saturated rings. The van der Waals surface area contributed by atoms with Crippen LogP contribution in [0.4, 0.5) is 0 Å². The summed E-state index contributed by atoms with van der Waals surface area (Å²) in [4.78, 5) is 2.32. The molecule has 3 heteroatoms. The lowest BCUT2D eigenvalue weighted by molar-refractivity contribution is 0.00693. The van der Waals surface area contributed by atoms with Gasteiger partial charge >= 0.3 is 0 Å². The van der Waals surface area contributed by atoms with E-state index >= 15 is 0 Å². The van der Waals surface area contributed by atoms with Crippen LogP contribution in [-0.4, -0.2) is 36.2 Å². The second-order valence-electron chi connectivity index (χ2n) is 5.37. The molecule has 1 aromatic carbocycles. The largest absolute Gasteiger partial charge is 0.382 e. The van der Waals surface area contributed by atoms with Crippen molar-refractivity contribution in [3.8, 4) is 0 Å². The van der Waals surface area contributed by atoms with Crippen LogP contribution in [0, 0.1) is 5.92 Å². The Labute approximate surface area is 110 Å². The molecule has 0 aromatic heterocycles. The number of rotatable bonds is 7. The molecule has 0 saturated heterocycles. The Morgan fingerprint density at radius 3 is 2.50 bits per heavy atom. The van der Waals surface area contributed by atoms with E-state index in [1.165, 1.54) is 12.8 Å². The van der Waals surface area contributed by atoms with E-state index in [0.29, 0.717) is 6.54 Å². The normalized spacial score (nSPS) is 18.9. The van der Waals surface area contributed by atoms with Crippen LogP contribution in [0.5, 0.6) is 0 Å². The highest BCUT2D eigenvalue weighted by molar-refractivity contribution is 5.23. The van der Waals surface area contributed by atoms with Crippen LogP contribution < -0.4 is 5.73 Å². The lowest BCUT2D eigenvalue weighted by Crippen LogP contribution is -2.46. The number of likely N-dealkylation sites (N-methyl/N-ethyl adjacent to an activating group) is 1. The van der Waals surface area contributed by atoms with E-state index in [1.807, 2.05) is 30.3 Å². The maximum Gasteiger partial charge on any atom is 0.114 e. The van der Waals surface area contributed by atoms with Gasteiger partial charge in [0.25, 0.3) is 0 Å². The van der Waals surface area contributed by atoms with Gasteiger partial charge in [-0.2, -0.15) is 0 Å². The molecular formula is C15H24N2O. The number of nitrogens with zero attached hydrogens (tertiary/aromatic N) is 1. The zero-order valence-corrected chi connectivity index (χ0v) is 11.2. The van der Waals surface area contributed by atoms with Crippen molar-refractivity contribution in [2.75, 3.05) is 26.2 Å². The van der Waals surface area contributed by atoms with Gasteiger partial charge in [-0.15, -0.1) is 0 Å². The molecule has 1 aromatic rings. The Kier molecular flexibility index (Phi) is 4.38. The number of benzene rings is 1. The minimum absolute atomic E-state index is 0.262. The van der Waals surface area contributed by atoms with Crippen molar-refractivity contribution in [1.82, 2.24) is 4.90 Å². The summed E-state index contributed by atoms with van der Waals surface area (Å²) in [5, 5.41) is 10.8. The summed E-state index contributed by atoms with van der Waals surface area (Å²) in [5.41, 5.74) is 5.81. The summed E-state index contributed by atoms with van der Waals surface area (Å²) in [6.07, 6.45) is 2.67. The summed E-state index contributed by atoms with van der Waals surface area (Å²) in [6.45, 7) is 5.08. The predicted molar refractivity (Wildman–Crippen MR) is 74.2 cm³/mol. The van der Waals surface area contributed by atoms with Gasteiger partial charge in [-0.05, 0) is 30.9 Å². The van der Waals surface area contributed by atoms with Gasteiger partial charge in [-0.1, -0.05) is 37.3 Å². The Morgan fingerprint density at radius 1 is 1.33 bits per heavy atom. The average molecular weight is 248 g/mol. The highest BCUT2D eigenvalue weighted by Crippen LogP contribution is 2.31. The highest BCUT2D eigenvalue weighted by Gasteiger charge is 2.32. The molecule has 0 aliphatic heterocycles. The fourth-order valence-corrected chi connectivity index (χ4v) is 2.36. The molecule has 2 rings (SSSR count). The van der Waals surface area contributed by atoms with Crippen molar-refractivity contribution >= 4 is 0 Å². The molecule has 1 unspecified atom stereocenters. The standard InChI is InChI=1S/C15H24N2O/c1-2-17(10-13-8-9-13)12-15(18,11-16)14-6-4-3-5-7-14/h3-7,13,18H,2,8-12,16H2,1H3. The van der Waals surface area contributed by atoms with Gasteiger partial charge in [0.1, 0.15) is 5.60 Å². The first-order valence-electron chi connectivity index (χ1n) is 6.88. The Morgan fingerprint density at radius 2 is 2.00 bits per heavy atom. The van der Waals surface area contributed by atoms with Gasteiger partial charge in [-0.25, -0.2) is 0 Å². The van der Waals surface area contributed by atoms with E-state index in [0.717, 1.165) is 24.6 Å². The van der Waals surface area contributed by atoms with Crippen LogP contribution >= 0.6 is 0 Å². The van der Waals surface area contributed by atoms with E-state index in [4.69, 9.17) is 5.73 Å². The van der Waals surface area contributed by atoms with Crippen LogP contribution in [0.3, 0.4) is 0 Å². The minimum atomic E-state index is -0.924. The predicted octanol–water partition coefficient (Wildman–Crippen LogP) is 1.56. The first-order valence-corrected chi connectivity index (χ1v) is 6.88. The van der Waals surface area contributed by atoms with Crippen LogP contribution in [0.25, 0.3) is 0 Å². The van der Waals surface area contributed by atoms with Crippen molar-refractivity contribution in [3.05, 3.63) is 35.9 Å². The summed E-state index contributed by atoms with van der Waals surface area (Å²) < 4.78 is 0. The Hall–Kier alpha value is -0.900. The molecule has 0 heterocycles. The molecule has 3 nitrogen and oxygen atoms in total. The Bertz CT molecular complexity index is 364. The number of nitrogens with two attached hydrogens (primary N) is 1. The first kappa shape index (κ1) is 13.5. The maximum atomic E-state index is 10.8. The third kappa shape index (κ3) is 3.31. The molecule has 18 heavy (non-hydrogen) atoms. The number of hydrogen-bond acceptors (Lipinski definition) is 3. The number of hydrogen-bond donors (Lipinski definition) is 2. The quantitative estimate of drug-likeness (QED) is 0.770. The molecule has 100 valence electrons. The molecule has 3 N–H and O–H groups in total. The summed E-state index contributed by atoms with van der Waals surface area (Å²) >= 11 is 0. The molecule has 1 saturated carbocycles. The van der Waals surface area contributed by atoms with Crippen LogP contribution in [-0.2, 0) is 5.60 Å². The summed E-state index contributed by atoms with van der Waals surface area (Å²) in [5.74, 6) is 0.836. The highest BCUT2D eigenvalue weighted by atomic mass is 16.3. The van der Waals surface area contributed by atoms with Crippen LogP contribution in [0.15, 0.2) is 30.3 Å². The van der Waals surface area contributed by atoms with E-state index in [-0.39, 0.29) is 6.54 Å². The first-order chi connectivity index (χ1) is 8.68. The van der Waals surface area contributed by atoms with Crippen molar-refractivity contribution in [2.24, 2.45) is 11.7 Å². The SMILES string of the molecule is CCN(CC1CC1)CC(O)(CN)c1ccccc1. The third-order valence-electron chi connectivity index (χ3n) is 3.79. The fourth-order valence-electron chi connectivity index (χ4n) is 2.36. The molecule has 0 bridgehead atoms. The second-order valence-corrected chi connectivity index (χ2v) is 5.37.